The third kappa shape index (κ3) is 24.8. The molecule has 0 unspecified atom stereocenters. The molecule has 0 aliphatic rings. The zero-order valence-corrected chi connectivity index (χ0v) is 7.06. The highest BCUT2D eigenvalue weighted by Gasteiger charge is 1.99. The van der Waals surface area contributed by atoms with E-state index in [9.17, 15) is 8.42 Å². The Morgan fingerprint density at radius 3 is 1.60 bits per heavy atom. The second-order valence-electron chi connectivity index (χ2n) is 1.72. The van der Waals surface area contributed by atoms with Gasteiger partial charge in [-0.2, -0.15) is 8.42 Å². The topological polar surface area (TPSA) is 74.6 Å². The number of aliphatic hydroxyl groups is 1. The van der Waals surface area contributed by atoms with Gasteiger partial charge in [0.05, 0.1) is 12.4 Å². The minimum absolute atomic E-state index is 0.529. The summed E-state index contributed by atoms with van der Waals surface area (Å²) in [6.45, 7) is 3.72. The van der Waals surface area contributed by atoms with Gasteiger partial charge >= 0.3 is 0 Å². The molecule has 0 fully saturated rings. The molecular weight excluding hydrogens is 156 g/mol. The highest BCUT2D eigenvalue weighted by atomic mass is 32.2. The summed E-state index contributed by atoms with van der Waals surface area (Å²) in [5.41, 5.74) is 0. The van der Waals surface area contributed by atoms with E-state index in [1.54, 1.807) is 0 Å². The van der Waals surface area contributed by atoms with Gasteiger partial charge in [-0.25, -0.2) is 0 Å². The number of hydrogen-bond donors (Lipinski definition) is 2. The molecule has 0 heterocycles. The van der Waals surface area contributed by atoms with Gasteiger partial charge in [0.25, 0.3) is 10.1 Å². The molecule has 0 rings (SSSR count). The van der Waals surface area contributed by atoms with E-state index < -0.39 is 22.5 Å². The lowest BCUT2D eigenvalue weighted by Crippen LogP contribution is -2.06. The summed E-state index contributed by atoms with van der Waals surface area (Å²) in [5, 5.41) is 7.86. The number of hydrogen-bond acceptors (Lipinski definition) is 3. The number of aliphatic hydroxyl groups excluding tert-OH is 1. The molecule has 0 aromatic rings. The molecule has 0 atom stereocenters. The Morgan fingerprint density at radius 2 is 1.60 bits per heavy atom. The Hall–Kier alpha value is -0.130. The summed E-state index contributed by atoms with van der Waals surface area (Å²) >= 11 is 0. The maximum Gasteiger partial charge on any atom is 0.267 e. The SMILES string of the molecule is CCC.O=S(=O)(O)CCO. The monoisotopic (exact) mass is 170 g/mol. The summed E-state index contributed by atoms with van der Waals surface area (Å²) < 4.78 is 27.1. The lowest BCUT2D eigenvalue weighted by Gasteiger charge is -1.85. The lowest BCUT2D eigenvalue weighted by molar-refractivity contribution is 0.315. The molecule has 0 aliphatic carbocycles. The van der Waals surface area contributed by atoms with Crippen molar-refractivity contribution in [2.45, 2.75) is 20.3 Å². The lowest BCUT2D eigenvalue weighted by atomic mass is 10.6. The van der Waals surface area contributed by atoms with Crippen LogP contribution in [0.25, 0.3) is 0 Å². The fraction of sp³-hybridized carbons (Fsp3) is 1.00. The molecule has 10 heavy (non-hydrogen) atoms. The smallest absolute Gasteiger partial charge is 0.267 e. The van der Waals surface area contributed by atoms with Crippen LogP contribution in [-0.4, -0.2) is 30.4 Å². The highest BCUT2D eigenvalue weighted by Crippen LogP contribution is 1.75. The maximum absolute atomic E-state index is 9.63. The molecule has 0 saturated carbocycles. The van der Waals surface area contributed by atoms with E-state index in [4.69, 9.17) is 9.66 Å². The number of rotatable bonds is 2. The standard InChI is InChI=1S/C3H8.C2H6O4S/c1-3-2;3-1-2-7(4,5)6/h3H2,1-2H3;3H,1-2H2,(H,4,5,6). The van der Waals surface area contributed by atoms with Crippen LogP contribution < -0.4 is 0 Å². The first-order valence-corrected chi connectivity index (χ1v) is 4.64. The molecule has 0 bridgehead atoms. The van der Waals surface area contributed by atoms with Crippen molar-refractivity contribution in [1.82, 2.24) is 0 Å². The van der Waals surface area contributed by atoms with Crippen molar-refractivity contribution in [3.05, 3.63) is 0 Å². The van der Waals surface area contributed by atoms with Crippen molar-refractivity contribution in [2.75, 3.05) is 12.4 Å². The van der Waals surface area contributed by atoms with Crippen molar-refractivity contribution < 1.29 is 18.1 Å². The van der Waals surface area contributed by atoms with E-state index in [1.165, 1.54) is 6.42 Å². The Morgan fingerprint density at radius 1 is 1.30 bits per heavy atom. The second kappa shape index (κ2) is 6.98. The Labute approximate surface area is 61.6 Å². The molecule has 4 nitrogen and oxygen atoms in total. The van der Waals surface area contributed by atoms with Crippen LogP contribution in [0.4, 0.5) is 0 Å². The average molecular weight is 170 g/mol. The molecule has 0 aromatic heterocycles. The van der Waals surface area contributed by atoms with E-state index in [2.05, 4.69) is 13.8 Å². The molecule has 0 spiro atoms. The zero-order chi connectivity index (χ0) is 8.62. The van der Waals surface area contributed by atoms with E-state index in [0.717, 1.165) is 0 Å². The predicted octanol–water partition coefficient (Wildman–Crippen LogP) is 0.283. The van der Waals surface area contributed by atoms with Crippen LogP contribution in [0.3, 0.4) is 0 Å². The van der Waals surface area contributed by atoms with Gasteiger partial charge in [-0.15, -0.1) is 0 Å². The molecule has 0 amide bonds. The normalized spacial score (nSPS) is 10.0. The summed E-state index contributed by atoms with van der Waals surface area (Å²) in [4.78, 5) is 0. The third-order valence-corrected chi connectivity index (χ3v) is 1.05. The fourth-order valence-electron chi connectivity index (χ4n) is 0.115. The van der Waals surface area contributed by atoms with Crippen LogP contribution in [0.5, 0.6) is 0 Å². The summed E-state index contributed by atoms with van der Waals surface area (Å²) in [6, 6.07) is 0. The van der Waals surface area contributed by atoms with E-state index >= 15 is 0 Å². The Balaban J connectivity index is 0. The van der Waals surface area contributed by atoms with Crippen LogP contribution >= 0.6 is 0 Å². The summed E-state index contributed by atoms with van der Waals surface area (Å²) in [7, 11) is -3.92. The molecule has 0 aromatic carbocycles. The molecular formula is C5H14O4S. The molecule has 0 radical (unpaired) electrons. The molecule has 64 valence electrons. The van der Waals surface area contributed by atoms with Crippen LogP contribution in [0.2, 0.25) is 0 Å². The van der Waals surface area contributed by atoms with Gasteiger partial charge < -0.3 is 5.11 Å². The van der Waals surface area contributed by atoms with E-state index in [0.29, 0.717) is 0 Å². The van der Waals surface area contributed by atoms with Crippen LogP contribution in [0.15, 0.2) is 0 Å². The van der Waals surface area contributed by atoms with Crippen LogP contribution in [-0.2, 0) is 10.1 Å². The first kappa shape index (κ1) is 12.5. The van der Waals surface area contributed by atoms with E-state index in [-0.39, 0.29) is 0 Å². The van der Waals surface area contributed by atoms with Gasteiger partial charge in [0.15, 0.2) is 0 Å². The molecule has 2 N–H and O–H groups in total. The quantitative estimate of drug-likeness (QED) is 0.584. The van der Waals surface area contributed by atoms with Crippen LogP contribution in [0, 0.1) is 0 Å². The van der Waals surface area contributed by atoms with Gasteiger partial charge in [0.1, 0.15) is 0 Å². The highest BCUT2D eigenvalue weighted by molar-refractivity contribution is 7.85. The van der Waals surface area contributed by atoms with Gasteiger partial charge in [-0.05, 0) is 0 Å². The molecule has 5 heteroatoms. The zero-order valence-electron chi connectivity index (χ0n) is 6.24. The fourth-order valence-corrected chi connectivity index (χ4v) is 0.346. The minimum Gasteiger partial charge on any atom is -0.395 e. The maximum atomic E-state index is 9.63. The second-order valence-corrected chi connectivity index (χ2v) is 3.29. The van der Waals surface area contributed by atoms with Gasteiger partial charge in [0.2, 0.25) is 0 Å². The van der Waals surface area contributed by atoms with Crippen molar-refractivity contribution in [3.8, 4) is 0 Å². The average Bonchev–Trinajstić information content (AvgIpc) is 1.63. The van der Waals surface area contributed by atoms with E-state index in [1.807, 2.05) is 0 Å². The predicted molar refractivity (Wildman–Crippen MR) is 39.5 cm³/mol. The van der Waals surface area contributed by atoms with Crippen molar-refractivity contribution >= 4 is 10.1 Å². The summed E-state index contributed by atoms with van der Waals surface area (Å²) in [6.07, 6.45) is 1.25. The molecule has 0 saturated heterocycles. The minimum atomic E-state index is -3.92. The van der Waals surface area contributed by atoms with Crippen LogP contribution in [0.1, 0.15) is 20.3 Å². The molecule has 0 aliphatic heterocycles. The third-order valence-electron chi connectivity index (χ3n) is 0.349. The largest absolute Gasteiger partial charge is 0.395 e. The first-order valence-electron chi connectivity index (χ1n) is 3.04. The van der Waals surface area contributed by atoms with Gasteiger partial charge in [-0.1, -0.05) is 20.3 Å². The van der Waals surface area contributed by atoms with Crippen molar-refractivity contribution in [2.24, 2.45) is 0 Å². The Bertz CT molecular complexity index is 138. The van der Waals surface area contributed by atoms with Gasteiger partial charge in [-0.3, -0.25) is 4.55 Å². The van der Waals surface area contributed by atoms with Crippen molar-refractivity contribution in [3.63, 3.8) is 0 Å². The first-order chi connectivity index (χ1) is 4.47. The van der Waals surface area contributed by atoms with Crippen molar-refractivity contribution in [1.29, 1.82) is 0 Å². The Kier molecular flexibility index (Phi) is 8.75. The summed E-state index contributed by atoms with van der Waals surface area (Å²) in [5.74, 6) is -0.576. The van der Waals surface area contributed by atoms with Gasteiger partial charge in [0, 0.05) is 0 Å².